The summed E-state index contributed by atoms with van der Waals surface area (Å²) in [4.78, 5) is 4.38. The summed E-state index contributed by atoms with van der Waals surface area (Å²) < 4.78 is 7.44. The van der Waals surface area contributed by atoms with E-state index < -0.39 is 0 Å². The molecule has 2 aliphatic heterocycles. The Balaban J connectivity index is 1.25. The molecule has 0 radical (unpaired) electrons. The Morgan fingerprint density at radius 3 is 2.88 bits per heavy atom. The van der Waals surface area contributed by atoms with Crippen LogP contribution in [-0.2, 0) is 4.74 Å². The Morgan fingerprint density at radius 2 is 2.00 bits per heavy atom. The minimum atomic E-state index is -0.0661. The fourth-order valence-corrected chi connectivity index (χ4v) is 8.89. The zero-order valence-corrected chi connectivity index (χ0v) is 20.9. The van der Waals surface area contributed by atoms with Gasteiger partial charge in [-0.25, -0.2) is 0 Å². The van der Waals surface area contributed by atoms with E-state index in [-0.39, 0.29) is 16.6 Å². The number of fused-ring (bicyclic) bond motifs is 2. The van der Waals surface area contributed by atoms with E-state index in [2.05, 4.69) is 67.5 Å². The van der Waals surface area contributed by atoms with Gasteiger partial charge in [0.05, 0.1) is 11.2 Å². The molecule has 34 heavy (non-hydrogen) atoms. The summed E-state index contributed by atoms with van der Waals surface area (Å²) in [5.41, 5.74) is 4.78. The van der Waals surface area contributed by atoms with Crippen LogP contribution < -0.4 is 5.32 Å². The van der Waals surface area contributed by atoms with Gasteiger partial charge >= 0.3 is 0 Å². The van der Waals surface area contributed by atoms with Gasteiger partial charge in [0, 0.05) is 29.9 Å². The molecule has 7 rings (SSSR count). The van der Waals surface area contributed by atoms with Crippen molar-refractivity contribution in [2.45, 2.75) is 101 Å². The standard InChI is InChI=1S/C31H38N2O/c1-20(2)33-26-7-6-24-17-25-10-12-29(3)27(22-5-4-21-11-15-32-19-23(21)16-22)8-9-28(29)31(25)14-13-30(24,18-26)34-31/h4-5,10-11,15-17,19-20,26-28,33H,6-9,12-14,18H2,1-3H3/t26-,27?,28+,29?,30+,31+/m0/s1. The number of benzene rings is 1. The maximum Gasteiger partial charge on any atom is 0.0974 e. The van der Waals surface area contributed by atoms with Crippen LogP contribution in [0, 0.1) is 11.3 Å². The molecule has 1 aromatic heterocycles. The van der Waals surface area contributed by atoms with Gasteiger partial charge in [-0.2, -0.15) is 0 Å². The van der Waals surface area contributed by atoms with E-state index >= 15 is 0 Å². The van der Waals surface area contributed by atoms with Crippen LogP contribution in [0.15, 0.2) is 60.0 Å². The second kappa shape index (κ2) is 7.27. The maximum atomic E-state index is 7.44. The van der Waals surface area contributed by atoms with E-state index in [9.17, 15) is 0 Å². The van der Waals surface area contributed by atoms with Crippen LogP contribution in [0.4, 0.5) is 0 Å². The second-order valence-corrected chi connectivity index (χ2v) is 12.5. The number of rotatable bonds is 3. The van der Waals surface area contributed by atoms with Crippen LogP contribution in [-0.4, -0.2) is 28.3 Å². The summed E-state index contributed by atoms with van der Waals surface area (Å²) in [7, 11) is 0. The average molecular weight is 455 g/mol. The molecular weight excluding hydrogens is 416 g/mol. The predicted octanol–water partition coefficient (Wildman–Crippen LogP) is 6.84. The summed E-state index contributed by atoms with van der Waals surface area (Å²) in [6, 6.07) is 10.3. The van der Waals surface area contributed by atoms with Gasteiger partial charge in [-0.05, 0) is 103 Å². The SMILES string of the molecule is CC(C)N[C@H]1CCC2=CC3=CCC4(C)C(c5ccc6ccncc6c5)CC[C@H]4[C@@]34CC[C@]2(C1)O4. The smallest absolute Gasteiger partial charge is 0.0974 e. The van der Waals surface area contributed by atoms with Crippen LogP contribution >= 0.6 is 0 Å². The van der Waals surface area contributed by atoms with Crippen LogP contribution in [0.25, 0.3) is 10.8 Å². The average Bonchev–Trinajstić information content (AvgIpc) is 3.33. The van der Waals surface area contributed by atoms with E-state index in [1.165, 1.54) is 66.9 Å². The summed E-state index contributed by atoms with van der Waals surface area (Å²) in [5.74, 6) is 1.19. The van der Waals surface area contributed by atoms with Crippen molar-refractivity contribution in [2.24, 2.45) is 11.3 Å². The molecule has 3 aliphatic carbocycles. The molecular formula is C31H38N2O. The fraction of sp³-hybridized carbons (Fsp3) is 0.581. The van der Waals surface area contributed by atoms with Crippen molar-refractivity contribution < 1.29 is 4.74 Å². The lowest BCUT2D eigenvalue weighted by Crippen LogP contribution is -2.55. The molecule has 6 atom stereocenters. The molecule has 178 valence electrons. The van der Waals surface area contributed by atoms with Crippen LogP contribution in [0.2, 0.25) is 0 Å². The molecule has 2 bridgehead atoms. The minimum absolute atomic E-state index is 0.0207. The van der Waals surface area contributed by atoms with Crippen LogP contribution in [0.1, 0.15) is 83.6 Å². The minimum Gasteiger partial charge on any atom is -0.359 e. The summed E-state index contributed by atoms with van der Waals surface area (Å²) in [5, 5.41) is 6.39. The highest BCUT2D eigenvalue weighted by Gasteiger charge is 2.66. The van der Waals surface area contributed by atoms with E-state index in [0.29, 0.717) is 23.9 Å². The third-order valence-electron chi connectivity index (χ3n) is 10.3. The van der Waals surface area contributed by atoms with Gasteiger partial charge in [0.15, 0.2) is 0 Å². The quantitative estimate of drug-likeness (QED) is 0.551. The Bertz CT molecular complexity index is 1210. The molecule has 1 aromatic carbocycles. The molecule has 0 amide bonds. The van der Waals surface area contributed by atoms with E-state index in [1.54, 1.807) is 5.57 Å². The first-order chi connectivity index (χ1) is 16.4. The van der Waals surface area contributed by atoms with E-state index in [4.69, 9.17) is 4.74 Å². The molecule has 2 saturated carbocycles. The number of aromatic nitrogens is 1. The molecule has 2 aromatic rings. The van der Waals surface area contributed by atoms with Gasteiger partial charge in [-0.15, -0.1) is 0 Å². The summed E-state index contributed by atoms with van der Waals surface area (Å²) in [6.07, 6.45) is 18.8. The fourth-order valence-electron chi connectivity index (χ4n) is 8.89. The molecule has 3 nitrogen and oxygen atoms in total. The number of allylic oxidation sites excluding steroid dienone is 1. The topological polar surface area (TPSA) is 34.2 Å². The second-order valence-electron chi connectivity index (χ2n) is 12.5. The third-order valence-corrected chi connectivity index (χ3v) is 10.3. The first kappa shape index (κ1) is 21.3. The van der Waals surface area contributed by atoms with Crippen molar-refractivity contribution >= 4 is 10.8 Å². The number of hydrogen-bond acceptors (Lipinski definition) is 3. The first-order valence-electron chi connectivity index (χ1n) is 13.6. The van der Waals surface area contributed by atoms with Gasteiger partial charge < -0.3 is 10.1 Å². The van der Waals surface area contributed by atoms with Gasteiger partial charge in [-0.3, -0.25) is 4.98 Å². The highest BCUT2D eigenvalue weighted by Crippen LogP contribution is 2.69. The number of nitrogens with zero attached hydrogens (tertiary/aromatic N) is 1. The molecule has 3 heterocycles. The van der Waals surface area contributed by atoms with Crippen molar-refractivity contribution in [2.75, 3.05) is 0 Å². The van der Waals surface area contributed by atoms with Gasteiger partial charge in [0.2, 0.25) is 0 Å². The van der Waals surface area contributed by atoms with Gasteiger partial charge in [0.25, 0.3) is 0 Å². The zero-order valence-electron chi connectivity index (χ0n) is 20.9. The number of nitrogens with one attached hydrogen (secondary N) is 1. The van der Waals surface area contributed by atoms with Crippen LogP contribution in [0.5, 0.6) is 0 Å². The Labute approximate surface area is 204 Å². The lowest BCUT2D eigenvalue weighted by molar-refractivity contribution is -0.136. The predicted molar refractivity (Wildman–Crippen MR) is 138 cm³/mol. The van der Waals surface area contributed by atoms with Crippen molar-refractivity contribution in [3.8, 4) is 0 Å². The maximum absolute atomic E-state index is 7.44. The van der Waals surface area contributed by atoms with E-state index in [0.717, 1.165) is 6.42 Å². The van der Waals surface area contributed by atoms with Crippen molar-refractivity contribution in [1.29, 1.82) is 0 Å². The highest BCUT2D eigenvalue weighted by molar-refractivity contribution is 5.82. The van der Waals surface area contributed by atoms with Crippen molar-refractivity contribution in [3.63, 3.8) is 0 Å². The van der Waals surface area contributed by atoms with Crippen LogP contribution in [0.3, 0.4) is 0 Å². The zero-order chi connectivity index (χ0) is 23.1. The molecule has 3 fully saturated rings. The van der Waals surface area contributed by atoms with Gasteiger partial charge in [-0.1, -0.05) is 45.1 Å². The van der Waals surface area contributed by atoms with Crippen molar-refractivity contribution in [1.82, 2.24) is 10.3 Å². The molecule has 2 spiro atoms. The Morgan fingerprint density at radius 1 is 1.09 bits per heavy atom. The molecule has 1 N–H and O–H groups in total. The Kier molecular flexibility index (Phi) is 4.56. The van der Waals surface area contributed by atoms with Crippen molar-refractivity contribution in [3.05, 3.63) is 65.5 Å². The number of hydrogen-bond donors (Lipinski definition) is 1. The third kappa shape index (κ3) is 2.86. The summed E-state index contributed by atoms with van der Waals surface area (Å²) in [6.45, 7) is 7.12. The molecule has 5 aliphatic rings. The summed E-state index contributed by atoms with van der Waals surface area (Å²) >= 11 is 0. The monoisotopic (exact) mass is 454 g/mol. The van der Waals surface area contributed by atoms with Gasteiger partial charge in [0.1, 0.15) is 0 Å². The first-order valence-corrected chi connectivity index (χ1v) is 13.6. The lowest BCUT2D eigenvalue weighted by Gasteiger charge is -2.54. The highest BCUT2D eigenvalue weighted by atomic mass is 16.5. The largest absolute Gasteiger partial charge is 0.359 e. The molecule has 2 unspecified atom stereocenters. The molecule has 3 heteroatoms. The number of pyridine rings is 1. The normalized spacial score (nSPS) is 40.5. The number of ether oxygens (including phenoxy) is 1. The molecule has 1 saturated heterocycles. The van der Waals surface area contributed by atoms with E-state index in [1.807, 2.05) is 12.4 Å². The lowest BCUT2D eigenvalue weighted by atomic mass is 9.58. The Hall–Kier alpha value is -1.97.